The van der Waals surface area contributed by atoms with Crippen molar-refractivity contribution in [2.24, 2.45) is 0 Å². The summed E-state index contributed by atoms with van der Waals surface area (Å²) in [6, 6.07) is 4.37. The molecule has 0 aromatic carbocycles. The van der Waals surface area contributed by atoms with Crippen molar-refractivity contribution >= 4 is 45.6 Å². The lowest BCUT2D eigenvalue weighted by Crippen LogP contribution is -2.51. The Morgan fingerprint density at radius 1 is 1.59 bits per heavy atom. The smallest absolute Gasteiger partial charge is 0.261 e. The highest BCUT2D eigenvalue weighted by atomic mass is 79.9. The summed E-state index contributed by atoms with van der Waals surface area (Å²) in [5.41, 5.74) is 0. The average Bonchev–Trinajstić information content (AvgIpc) is 2.68. The molecule has 1 saturated heterocycles. The monoisotopic (exact) mass is 338 g/mol. The first-order valence-electron chi connectivity index (χ1n) is 5.46. The summed E-state index contributed by atoms with van der Waals surface area (Å²) in [6.07, 6.45) is 2.19. The van der Waals surface area contributed by atoms with E-state index in [-0.39, 0.29) is 24.4 Å². The molecule has 3 nitrogen and oxygen atoms in total. The lowest BCUT2D eigenvalue weighted by atomic mass is 10.00. The van der Waals surface area contributed by atoms with Gasteiger partial charge in [0.05, 0.1) is 8.66 Å². The fourth-order valence-corrected chi connectivity index (χ4v) is 3.21. The van der Waals surface area contributed by atoms with Crippen molar-refractivity contribution in [2.45, 2.75) is 31.8 Å². The molecule has 2 unspecified atom stereocenters. The molecule has 0 aliphatic carbocycles. The summed E-state index contributed by atoms with van der Waals surface area (Å²) < 4.78 is 0.993. The zero-order chi connectivity index (χ0) is 11.5. The van der Waals surface area contributed by atoms with E-state index in [0.29, 0.717) is 6.04 Å². The van der Waals surface area contributed by atoms with Crippen LogP contribution >= 0.6 is 39.7 Å². The molecule has 2 rings (SSSR count). The molecule has 2 heterocycles. The highest BCUT2D eigenvalue weighted by Crippen LogP contribution is 2.22. The maximum Gasteiger partial charge on any atom is 0.261 e. The van der Waals surface area contributed by atoms with Gasteiger partial charge in [0.2, 0.25) is 0 Å². The minimum atomic E-state index is 0. The first-order chi connectivity index (χ1) is 7.66. The van der Waals surface area contributed by atoms with Gasteiger partial charge < -0.3 is 10.6 Å². The van der Waals surface area contributed by atoms with E-state index in [1.54, 1.807) is 0 Å². The van der Waals surface area contributed by atoms with Crippen LogP contribution in [0, 0.1) is 0 Å². The Kier molecular flexibility index (Phi) is 5.92. The number of amides is 1. The number of nitrogens with one attached hydrogen (secondary N) is 2. The topological polar surface area (TPSA) is 41.1 Å². The van der Waals surface area contributed by atoms with Crippen LogP contribution in [0.2, 0.25) is 0 Å². The van der Waals surface area contributed by atoms with E-state index in [1.165, 1.54) is 11.3 Å². The number of carbonyl (C=O) groups is 1. The van der Waals surface area contributed by atoms with E-state index >= 15 is 0 Å². The molecule has 1 amide bonds. The molecule has 1 aliphatic rings. The van der Waals surface area contributed by atoms with Crippen LogP contribution in [0.1, 0.15) is 29.4 Å². The quantitative estimate of drug-likeness (QED) is 0.870. The molecular weight excluding hydrogens is 324 g/mol. The Morgan fingerprint density at radius 3 is 2.94 bits per heavy atom. The molecule has 96 valence electrons. The van der Waals surface area contributed by atoms with Crippen LogP contribution in [0.4, 0.5) is 0 Å². The first kappa shape index (κ1) is 15.0. The lowest BCUT2D eigenvalue weighted by Gasteiger charge is -2.30. The number of rotatable bonds is 2. The summed E-state index contributed by atoms with van der Waals surface area (Å²) in [4.78, 5) is 12.7. The zero-order valence-corrected chi connectivity index (χ0v) is 12.8. The number of halogens is 2. The molecule has 1 aromatic heterocycles. The highest BCUT2D eigenvalue weighted by molar-refractivity contribution is 9.11. The van der Waals surface area contributed by atoms with Gasteiger partial charge in [-0.1, -0.05) is 0 Å². The molecule has 0 radical (unpaired) electrons. The van der Waals surface area contributed by atoms with Crippen LogP contribution < -0.4 is 10.6 Å². The Hall–Kier alpha value is -0.100. The molecule has 6 heteroatoms. The van der Waals surface area contributed by atoms with Gasteiger partial charge in [-0.15, -0.1) is 23.7 Å². The molecule has 1 fully saturated rings. The standard InChI is InChI=1S/C11H15BrN2OS.ClH/c1-7-8(3-2-6-13-7)14-11(15)9-4-5-10(12)16-9;/h4-5,7-8,13H,2-3,6H2,1H3,(H,14,15);1H. The third kappa shape index (κ3) is 3.95. The number of thiophene rings is 1. The van der Waals surface area contributed by atoms with Gasteiger partial charge in [0.25, 0.3) is 5.91 Å². The van der Waals surface area contributed by atoms with E-state index in [4.69, 9.17) is 0 Å². The average molecular weight is 340 g/mol. The summed E-state index contributed by atoms with van der Waals surface area (Å²) in [5.74, 6) is 0.0382. The Balaban J connectivity index is 0.00000144. The number of hydrogen-bond acceptors (Lipinski definition) is 3. The van der Waals surface area contributed by atoms with Gasteiger partial charge in [-0.05, 0) is 54.4 Å². The molecule has 1 aliphatic heterocycles. The lowest BCUT2D eigenvalue weighted by molar-refractivity contribution is 0.0924. The summed E-state index contributed by atoms with van der Waals surface area (Å²) in [5, 5.41) is 6.46. The maximum atomic E-state index is 11.9. The summed E-state index contributed by atoms with van der Waals surface area (Å²) in [6.45, 7) is 3.17. The zero-order valence-electron chi connectivity index (χ0n) is 9.53. The number of hydrogen-bond donors (Lipinski definition) is 2. The van der Waals surface area contributed by atoms with Crippen LogP contribution in [0.15, 0.2) is 15.9 Å². The summed E-state index contributed by atoms with van der Waals surface area (Å²) >= 11 is 4.83. The van der Waals surface area contributed by atoms with Crippen molar-refractivity contribution in [3.8, 4) is 0 Å². The molecule has 17 heavy (non-hydrogen) atoms. The van der Waals surface area contributed by atoms with Crippen molar-refractivity contribution in [2.75, 3.05) is 6.54 Å². The van der Waals surface area contributed by atoms with Gasteiger partial charge in [-0.2, -0.15) is 0 Å². The van der Waals surface area contributed by atoms with Crippen molar-refractivity contribution in [1.29, 1.82) is 0 Å². The highest BCUT2D eigenvalue weighted by Gasteiger charge is 2.23. The van der Waals surface area contributed by atoms with Crippen molar-refractivity contribution in [3.63, 3.8) is 0 Å². The summed E-state index contributed by atoms with van der Waals surface area (Å²) in [7, 11) is 0. The van der Waals surface area contributed by atoms with Gasteiger partial charge in [0.15, 0.2) is 0 Å². The van der Waals surface area contributed by atoms with E-state index < -0.39 is 0 Å². The first-order valence-corrected chi connectivity index (χ1v) is 7.07. The fourth-order valence-electron chi connectivity index (χ4n) is 1.92. The molecule has 1 aromatic rings. The molecule has 2 N–H and O–H groups in total. The minimum Gasteiger partial charge on any atom is -0.347 e. The minimum absolute atomic E-state index is 0. The molecule has 2 atom stereocenters. The van der Waals surface area contributed by atoms with Crippen LogP contribution in [0.25, 0.3) is 0 Å². The second-order valence-corrected chi connectivity index (χ2v) is 6.53. The SMILES string of the molecule is CC1NCCCC1NC(=O)c1ccc(Br)s1.Cl. The van der Waals surface area contributed by atoms with Crippen molar-refractivity contribution < 1.29 is 4.79 Å². The van der Waals surface area contributed by atoms with Crippen LogP contribution in [-0.4, -0.2) is 24.5 Å². The molecular formula is C11H16BrClN2OS. The van der Waals surface area contributed by atoms with E-state index in [2.05, 4.69) is 33.5 Å². The third-order valence-corrected chi connectivity index (χ3v) is 4.50. The number of carbonyl (C=O) groups excluding carboxylic acids is 1. The van der Waals surface area contributed by atoms with E-state index in [0.717, 1.165) is 28.0 Å². The Labute approximate surface area is 120 Å². The van der Waals surface area contributed by atoms with E-state index in [1.807, 2.05) is 12.1 Å². The molecule has 0 saturated carbocycles. The third-order valence-electron chi connectivity index (χ3n) is 2.88. The van der Waals surface area contributed by atoms with Gasteiger partial charge in [0, 0.05) is 12.1 Å². The van der Waals surface area contributed by atoms with Gasteiger partial charge in [-0.3, -0.25) is 4.79 Å². The van der Waals surface area contributed by atoms with E-state index in [9.17, 15) is 4.79 Å². The predicted octanol–water partition coefficient (Wildman–Crippen LogP) is 2.80. The normalized spacial score (nSPS) is 23.9. The van der Waals surface area contributed by atoms with Crippen LogP contribution in [0.3, 0.4) is 0 Å². The van der Waals surface area contributed by atoms with Gasteiger partial charge >= 0.3 is 0 Å². The second-order valence-electron chi connectivity index (χ2n) is 4.07. The Bertz CT molecular complexity index is 385. The number of piperidine rings is 1. The molecule has 0 bridgehead atoms. The van der Waals surface area contributed by atoms with Crippen LogP contribution in [0.5, 0.6) is 0 Å². The predicted molar refractivity (Wildman–Crippen MR) is 77.2 cm³/mol. The van der Waals surface area contributed by atoms with Crippen molar-refractivity contribution in [1.82, 2.24) is 10.6 Å². The van der Waals surface area contributed by atoms with Crippen molar-refractivity contribution in [3.05, 3.63) is 20.8 Å². The van der Waals surface area contributed by atoms with Gasteiger partial charge in [-0.25, -0.2) is 0 Å². The molecule has 0 spiro atoms. The van der Waals surface area contributed by atoms with Crippen LogP contribution in [-0.2, 0) is 0 Å². The second kappa shape index (κ2) is 6.73. The van der Waals surface area contributed by atoms with Gasteiger partial charge in [0.1, 0.15) is 0 Å². The Morgan fingerprint density at radius 2 is 2.35 bits per heavy atom. The maximum absolute atomic E-state index is 11.9. The largest absolute Gasteiger partial charge is 0.347 e. The fraction of sp³-hybridized carbons (Fsp3) is 0.545.